The van der Waals surface area contributed by atoms with E-state index in [1.165, 1.54) is 30.7 Å². The molecule has 25 heavy (non-hydrogen) atoms. The second-order valence-electron chi connectivity index (χ2n) is 5.84. The largest absolute Gasteiger partial charge is 0.357 e. The van der Waals surface area contributed by atoms with Gasteiger partial charge in [0.2, 0.25) is 10.0 Å². The van der Waals surface area contributed by atoms with Gasteiger partial charge in [0.15, 0.2) is 0 Å². The van der Waals surface area contributed by atoms with Crippen LogP contribution in [0, 0.1) is 11.3 Å². The van der Waals surface area contributed by atoms with E-state index in [1.807, 2.05) is 12.1 Å². The molecule has 7 nitrogen and oxygen atoms in total. The number of benzene rings is 1. The summed E-state index contributed by atoms with van der Waals surface area (Å²) in [5, 5.41) is 8.78. The van der Waals surface area contributed by atoms with E-state index in [1.54, 1.807) is 6.20 Å². The molecule has 2 aromatic rings. The van der Waals surface area contributed by atoms with E-state index >= 15 is 0 Å². The Kier molecular flexibility index (Phi) is 5.26. The van der Waals surface area contributed by atoms with E-state index in [2.05, 4.69) is 19.6 Å². The maximum absolute atomic E-state index is 12.3. The average molecular weight is 357 g/mol. The van der Waals surface area contributed by atoms with Crippen molar-refractivity contribution in [2.45, 2.75) is 30.7 Å². The third-order valence-corrected chi connectivity index (χ3v) is 5.50. The van der Waals surface area contributed by atoms with Crippen LogP contribution in [0.3, 0.4) is 0 Å². The Morgan fingerprint density at radius 2 is 1.84 bits per heavy atom. The molecule has 1 aromatic carbocycles. The van der Waals surface area contributed by atoms with Crippen molar-refractivity contribution in [2.24, 2.45) is 0 Å². The topological polar surface area (TPSA) is 99.0 Å². The van der Waals surface area contributed by atoms with Crippen LogP contribution in [0.4, 0.5) is 5.82 Å². The quantitative estimate of drug-likeness (QED) is 0.876. The zero-order valence-corrected chi connectivity index (χ0v) is 14.5. The molecule has 1 fully saturated rings. The minimum Gasteiger partial charge on any atom is -0.357 e. The molecule has 2 heterocycles. The number of nitrogens with one attached hydrogen (secondary N) is 1. The average Bonchev–Trinajstić information content (AvgIpc) is 2.67. The van der Waals surface area contributed by atoms with Gasteiger partial charge in [-0.15, -0.1) is 0 Å². The van der Waals surface area contributed by atoms with Crippen LogP contribution in [0.5, 0.6) is 0 Å². The summed E-state index contributed by atoms with van der Waals surface area (Å²) in [6.07, 6.45) is 5.18. The number of aromatic nitrogens is 2. The molecule has 3 rings (SSSR count). The fraction of sp³-hybridized carbons (Fsp3) is 0.353. The second-order valence-corrected chi connectivity index (χ2v) is 7.61. The first kappa shape index (κ1) is 17.3. The van der Waals surface area contributed by atoms with Crippen molar-refractivity contribution in [3.05, 3.63) is 47.9 Å². The van der Waals surface area contributed by atoms with Gasteiger partial charge < -0.3 is 4.90 Å². The molecule has 1 aromatic heterocycles. The van der Waals surface area contributed by atoms with Gasteiger partial charge >= 0.3 is 0 Å². The molecule has 0 amide bonds. The van der Waals surface area contributed by atoms with Crippen molar-refractivity contribution in [1.82, 2.24) is 14.7 Å². The highest BCUT2D eigenvalue weighted by molar-refractivity contribution is 7.89. The summed E-state index contributed by atoms with van der Waals surface area (Å²) in [5.41, 5.74) is 0.413. The number of rotatable bonds is 5. The Labute approximate surface area is 147 Å². The molecule has 0 atom stereocenters. The standard InChI is InChI=1S/C17H19N5O2S/c18-12-14-4-6-15(7-5-14)25(23,24)20-13-16-19-9-8-17(21-16)22-10-2-1-3-11-22/h4-9,20H,1-3,10-11,13H2. The molecule has 8 heteroatoms. The van der Waals surface area contributed by atoms with Crippen molar-refractivity contribution in [1.29, 1.82) is 5.26 Å². The summed E-state index contributed by atoms with van der Waals surface area (Å²) in [6, 6.07) is 9.58. The van der Waals surface area contributed by atoms with Crippen LogP contribution in [-0.2, 0) is 16.6 Å². The van der Waals surface area contributed by atoms with E-state index in [0.717, 1.165) is 31.7 Å². The first-order valence-corrected chi connectivity index (χ1v) is 9.63. The van der Waals surface area contributed by atoms with Gasteiger partial charge in [-0.3, -0.25) is 0 Å². The van der Waals surface area contributed by atoms with Gasteiger partial charge in [0.1, 0.15) is 11.6 Å². The Hall–Kier alpha value is -2.50. The van der Waals surface area contributed by atoms with Gasteiger partial charge in [-0.05, 0) is 49.6 Å². The number of hydrogen-bond acceptors (Lipinski definition) is 6. The highest BCUT2D eigenvalue weighted by Crippen LogP contribution is 2.17. The molecular weight excluding hydrogens is 338 g/mol. The molecule has 0 unspecified atom stereocenters. The van der Waals surface area contributed by atoms with Crippen LogP contribution in [0.25, 0.3) is 0 Å². The Bertz CT molecular complexity index is 869. The molecular formula is C17H19N5O2S. The van der Waals surface area contributed by atoms with Crippen molar-refractivity contribution < 1.29 is 8.42 Å². The van der Waals surface area contributed by atoms with E-state index in [9.17, 15) is 8.42 Å². The molecule has 0 bridgehead atoms. The van der Waals surface area contributed by atoms with E-state index in [-0.39, 0.29) is 11.4 Å². The predicted octanol–water partition coefficient (Wildman–Crippen LogP) is 1.82. The second kappa shape index (κ2) is 7.59. The Morgan fingerprint density at radius 1 is 1.12 bits per heavy atom. The highest BCUT2D eigenvalue weighted by atomic mass is 32.2. The third-order valence-electron chi connectivity index (χ3n) is 4.08. The van der Waals surface area contributed by atoms with Crippen LogP contribution < -0.4 is 9.62 Å². The lowest BCUT2D eigenvalue weighted by Crippen LogP contribution is -2.31. The zero-order chi connectivity index (χ0) is 17.7. The SMILES string of the molecule is N#Cc1ccc(S(=O)(=O)NCc2nccc(N3CCCCC3)n2)cc1. The summed E-state index contributed by atoms with van der Waals surface area (Å²) in [5.74, 6) is 1.27. The maximum Gasteiger partial charge on any atom is 0.240 e. The molecule has 0 saturated carbocycles. The van der Waals surface area contributed by atoms with Crippen molar-refractivity contribution in [3.8, 4) is 6.07 Å². The van der Waals surface area contributed by atoms with Gasteiger partial charge in [-0.25, -0.2) is 23.1 Å². The van der Waals surface area contributed by atoms with Gasteiger partial charge in [0.25, 0.3) is 0 Å². The van der Waals surface area contributed by atoms with Crippen LogP contribution in [0.1, 0.15) is 30.7 Å². The monoisotopic (exact) mass is 357 g/mol. The number of nitrogens with zero attached hydrogens (tertiary/aromatic N) is 4. The van der Waals surface area contributed by atoms with Crippen molar-refractivity contribution in [3.63, 3.8) is 0 Å². The summed E-state index contributed by atoms with van der Waals surface area (Å²) in [7, 11) is -3.67. The number of anilines is 1. The molecule has 0 aliphatic carbocycles. The fourth-order valence-corrected chi connectivity index (χ4v) is 3.70. The van der Waals surface area contributed by atoms with Gasteiger partial charge in [-0.1, -0.05) is 0 Å². The van der Waals surface area contributed by atoms with Crippen LogP contribution in [0.15, 0.2) is 41.4 Å². The minimum atomic E-state index is -3.67. The van der Waals surface area contributed by atoms with E-state index in [4.69, 9.17) is 5.26 Å². The molecule has 1 saturated heterocycles. The number of hydrogen-bond donors (Lipinski definition) is 1. The summed E-state index contributed by atoms with van der Waals surface area (Å²) in [6.45, 7) is 1.95. The molecule has 1 N–H and O–H groups in total. The number of nitriles is 1. The smallest absolute Gasteiger partial charge is 0.240 e. The summed E-state index contributed by atoms with van der Waals surface area (Å²) in [4.78, 5) is 10.9. The van der Waals surface area contributed by atoms with Crippen LogP contribution in [0.2, 0.25) is 0 Å². The normalized spacial score (nSPS) is 14.9. The van der Waals surface area contributed by atoms with Gasteiger partial charge in [-0.2, -0.15) is 5.26 Å². The van der Waals surface area contributed by atoms with Gasteiger partial charge in [0, 0.05) is 19.3 Å². The lowest BCUT2D eigenvalue weighted by Gasteiger charge is -2.27. The number of piperidine rings is 1. The van der Waals surface area contributed by atoms with Crippen LogP contribution in [-0.4, -0.2) is 31.5 Å². The van der Waals surface area contributed by atoms with Crippen molar-refractivity contribution in [2.75, 3.05) is 18.0 Å². The lowest BCUT2D eigenvalue weighted by atomic mass is 10.1. The predicted molar refractivity (Wildman–Crippen MR) is 93.3 cm³/mol. The molecule has 0 spiro atoms. The van der Waals surface area contributed by atoms with E-state index < -0.39 is 10.0 Å². The Balaban J connectivity index is 1.69. The number of sulfonamides is 1. The molecule has 130 valence electrons. The fourth-order valence-electron chi connectivity index (χ4n) is 2.72. The zero-order valence-electron chi connectivity index (χ0n) is 13.7. The minimum absolute atomic E-state index is 0.0179. The maximum atomic E-state index is 12.3. The van der Waals surface area contributed by atoms with E-state index in [0.29, 0.717) is 11.4 Å². The highest BCUT2D eigenvalue weighted by Gasteiger charge is 2.16. The first-order chi connectivity index (χ1) is 12.1. The molecule has 1 aliphatic rings. The lowest BCUT2D eigenvalue weighted by molar-refractivity contribution is 0.569. The molecule has 0 radical (unpaired) electrons. The summed E-state index contributed by atoms with van der Waals surface area (Å²) >= 11 is 0. The van der Waals surface area contributed by atoms with Crippen LogP contribution >= 0.6 is 0 Å². The third kappa shape index (κ3) is 4.32. The summed E-state index contributed by atoms with van der Waals surface area (Å²) < 4.78 is 27.2. The van der Waals surface area contributed by atoms with Crippen molar-refractivity contribution >= 4 is 15.8 Å². The van der Waals surface area contributed by atoms with Gasteiger partial charge in [0.05, 0.1) is 23.1 Å². The molecule has 1 aliphatic heterocycles. The Morgan fingerprint density at radius 3 is 2.52 bits per heavy atom. The first-order valence-electron chi connectivity index (χ1n) is 8.15.